The highest BCUT2D eigenvalue weighted by Gasteiger charge is 2.27. The second-order valence-corrected chi connectivity index (χ2v) is 8.05. The van der Waals surface area contributed by atoms with E-state index in [1.54, 1.807) is 11.8 Å². The summed E-state index contributed by atoms with van der Waals surface area (Å²) < 4.78 is 26.7. The van der Waals surface area contributed by atoms with Gasteiger partial charge >= 0.3 is 0 Å². The van der Waals surface area contributed by atoms with Crippen molar-refractivity contribution in [2.75, 3.05) is 31.9 Å². The van der Waals surface area contributed by atoms with Crippen LogP contribution >= 0.6 is 0 Å². The third-order valence-electron chi connectivity index (χ3n) is 4.40. The predicted molar refractivity (Wildman–Crippen MR) is 82.4 cm³/mol. The number of sulfonamides is 1. The SMILES string of the molecule is CC(NS(=O)(=O)CCC1CCNCC1)C(=O)N1CCCC1. The van der Waals surface area contributed by atoms with E-state index in [2.05, 4.69) is 10.0 Å². The maximum Gasteiger partial charge on any atom is 0.240 e. The van der Waals surface area contributed by atoms with Gasteiger partial charge in [0.25, 0.3) is 0 Å². The molecule has 2 saturated heterocycles. The van der Waals surface area contributed by atoms with Crippen LogP contribution in [-0.2, 0) is 14.8 Å². The molecule has 0 aromatic heterocycles. The molecule has 6 nitrogen and oxygen atoms in total. The highest BCUT2D eigenvalue weighted by Crippen LogP contribution is 2.16. The van der Waals surface area contributed by atoms with E-state index in [-0.39, 0.29) is 11.7 Å². The van der Waals surface area contributed by atoms with E-state index in [9.17, 15) is 13.2 Å². The van der Waals surface area contributed by atoms with Gasteiger partial charge in [0.1, 0.15) is 0 Å². The molecular formula is C14H27N3O3S. The number of nitrogens with one attached hydrogen (secondary N) is 2. The van der Waals surface area contributed by atoms with Crippen molar-refractivity contribution in [2.45, 2.75) is 45.1 Å². The van der Waals surface area contributed by atoms with E-state index in [0.717, 1.165) is 51.9 Å². The van der Waals surface area contributed by atoms with Crippen molar-refractivity contribution >= 4 is 15.9 Å². The first-order chi connectivity index (χ1) is 9.98. The second kappa shape index (κ2) is 7.56. The standard InChI is InChI=1S/C14H27N3O3S/c1-12(14(18)17-9-2-3-10-17)16-21(19,20)11-6-13-4-7-15-8-5-13/h12-13,15-16H,2-11H2,1H3. The highest BCUT2D eigenvalue weighted by atomic mass is 32.2. The first-order valence-corrected chi connectivity index (χ1v) is 9.63. The zero-order valence-corrected chi connectivity index (χ0v) is 13.6. The van der Waals surface area contributed by atoms with Crippen LogP contribution in [0.4, 0.5) is 0 Å². The predicted octanol–water partition coefficient (Wildman–Crippen LogP) is 0.306. The molecule has 0 bridgehead atoms. The summed E-state index contributed by atoms with van der Waals surface area (Å²) in [5, 5.41) is 3.28. The molecule has 7 heteroatoms. The van der Waals surface area contributed by atoms with Gasteiger partial charge in [-0.25, -0.2) is 13.1 Å². The topological polar surface area (TPSA) is 78.5 Å². The Morgan fingerprint density at radius 2 is 1.90 bits per heavy atom. The summed E-state index contributed by atoms with van der Waals surface area (Å²) in [5.41, 5.74) is 0. The first kappa shape index (κ1) is 16.7. The summed E-state index contributed by atoms with van der Waals surface area (Å²) >= 11 is 0. The molecule has 122 valence electrons. The molecule has 1 atom stereocenters. The average Bonchev–Trinajstić information content (AvgIpc) is 2.99. The minimum atomic E-state index is -3.37. The lowest BCUT2D eigenvalue weighted by molar-refractivity contribution is -0.131. The Hall–Kier alpha value is -0.660. The zero-order chi connectivity index (χ0) is 15.3. The van der Waals surface area contributed by atoms with Crippen LogP contribution in [0, 0.1) is 5.92 Å². The van der Waals surface area contributed by atoms with Gasteiger partial charge in [-0.1, -0.05) is 0 Å². The Kier molecular flexibility index (Phi) is 6.01. The molecular weight excluding hydrogens is 290 g/mol. The van der Waals surface area contributed by atoms with E-state index in [0.29, 0.717) is 12.3 Å². The molecule has 2 rings (SSSR count). The molecule has 0 aliphatic carbocycles. The summed E-state index contributed by atoms with van der Waals surface area (Å²) in [6.45, 7) is 5.09. The fourth-order valence-electron chi connectivity index (χ4n) is 3.08. The van der Waals surface area contributed by atoms with Crippen molar-refractivity contribution in [2.24, 2.45) is 5.92 Å². The maximum atomic E-state index is 12.1. The van der Waals surface area contributed by atoms with Crippen molar-refractivity contribution in [3.05, 3.63) is 0 Å². The first-order valence-electron chi connectivity index (χ1n) is 7.97. The number of likely N-dealkylation sites (tertiary alicyclic amines) is 1. The molecule has 0 aromatic carbocycles. The number of carbonyl (C=O) groups is 1. The molecule has 1 unspecified atom stereocenters. The highest BCUT2D eigenvalue weighted by molar-refractivity contribution is 7.89. The van der Waals surface area contributed by atoms with Gasteiger partial charge in [-0.3, -0.25) is 4.79 Å². The van der Waals surface area contributed by atoms with Gasteiger partial charge in [-0.15, -0.1) is 0 Å². The monoisotopic (exact) mass is 317 g/mol. The van der Waals surface area contributed by atoms with E-state index in [1.807, 2.05) is 0 Å². The van der Waals surface area contributed by atoms with Crippen LogP contribution in [0.25, 0.3) is 0 Å². The summed E-state index contributed by atoms with van der Waals surface area (Å²) in [6.07, 6.45) is 4.79. The fraction of sp³-hybridized carbons (Fsp3) is 0.929. The van der Waals surface area contributed by atoms with Crippen LogP contribution in [0.5, 0.6) is 0 Å². The molecule has 2 fully saturated rings. The number of hydrogen-bond acceptors (Lipinski definition) is 4. The average molecular weight is 317 g/mol. The Balaban J connectivity index is 1.77. The lowest BCUT2D eigenvalue weighted by Gasteiger charge is -2.23. The minimum absolute atomic E-state index is 0.0991. The lowest BCUT2D eigenvalue weighted by Crippen LogP contribution is -2.46. The Morgan fingerprint density at radius 3 is 2.52 bits per heavy atom. The normalized spacial score (nSPS) is 22.4. The summed E-state index contributed by atoms with van der Waals surface area (Å²) in [5.74, 6) is 0.500. The van der Waals surface area contributed by atoms with Crippen LogP contribution in [-0.4, -0.2) is 57.2 Å². The van der Waals surface area contributed by atoms with Crippen molar-refractivity contribution in [3.63, 3.8) is 0 Å². The summed E-state index contributed by atoms with van der Waals surface area (Å²) in [6, 6.07) is -0.652. The van der Waals surface area contributed by atoms with Gasteiger partial charge in [0, 0.05) is 13.1 Å². The Morgan fingerprint density at radius 1 is 1.29 bits per heavy atom. The van der Waals surface area contributed by atoms with Crippen molar-refractivity contribution in [1.29, 1.82) is 0 Å². The molecule has 21 heavy (non-hydrogen) atoms. The van der Waals surface area contributed by atoms with Crippen LogP contribution in [0.3, 0.4) is 0 Å². The maximum absolute atomic E-state index is 12.1. The number of amides is 1. The van der Waals surface area contributed by atoms with Gasteiger partial charge in [0.2, 0.25) is 15.9 Å². The van der Waals surface area contributed by atoms with Crippen molar-refractivity contribution in [1.82, 2.24) is 14.9 Å². The van der Waals surface area contributed by atoms with Crippen LogP contribution in [0.2, 0.25) is 0 Å². The van der Waals surface area contributed by atoms with Gasteiger partial charge in [-0.2, -0.15) is 0 Å². The van der Waals surface area contributed by atoms with E-state index in [1.165, 1.54) is 0 Å². The van der Waals surface area contributed by atoms with Crippen molar-refractivity contribution in [3.8, 4) is 0 Å². The molecule has 0 radical (unpaired) electrons. The fourth-order valence-corrected chi connectivity index (χ4v) is 4.48. The summed E-state index contributed by atoms with van der Waals surface area (Å²) in [7, 11) is -3.37. The number of piperidine rings is 1. The van der Waals surface area contributed by atoms with E-state index in [4.69, 9.17) is 0 Å². The summed E-state index contributed by atoms with van der Waals surface area (Å²) in [4.78, 5) is 13.9. The van der Waals surface area contributed by atoms with Gasteiger partial charge < -0.3 is 10.2 Å². The molecule has 2 aliphatic rings. The number of rotatable bonds is 6. The van der Waals surface area contributed by atoms with Gasteiger partial charge in [0.05, 0.1) is 11.8 Å². The third-order valence-corrected chi connectivity index (χ3v) is 5.88. The van der Waals surface area contributed by atoms with Crippen molar-refractivity contribution < 1.29 is 13.2 Å². The number of carbonyl (C=O) groups excluding carboxylic acids is 1. The van der Waals surface area contributed by atoms with E-state index >= 15 is 0 Å². The Labute approximate surface area is 127 Å². The minimum Gasteiger partial charge on any atom is -0.341 e. The quantitative estimate of drug-likeness (QED) is 0.739. The number of nitrogens with zero attached hydrogens (tertiary/aromatic N) is 1. The molecule has 0 spiro atoms. The molecule has 0 saturated carbocycles. The molecule has 1 amide bonds. The zero-order valence-electron chi connectivity index (χ0n) is 12.8. The molecule has 2 N–H and O–H groups in total. The largest absolute Gasteiger partial charge is 0.341 e. The van der Waals surface area contributed by atoms with E-state index < -0.39 is 16.1 Å². The number of hydrogen-bond donors (Lipinski definition) is 2. The molecule has 2 aliphatic heterocycles. The Bertz CT molecular complexity index is 440. The smallest absolute Gasteiger partial charge is 0.240 e. The van der Waals surface area contributed by atoms with Crippen LogP contribution in [0.15, 0.2) is 0 Å². The van der Waals surface area contributed by atoms with Gasteiger partial charge in [0.15, 0.2) is 0 Å². The molecule has 2 heterocycles. The van der Waals surface area contributed by atoms with Crippen LogP contribution < -0.4 is 10.0 Å². The van der Waals surface area contributed by atoms with Gasteiger partial charge in [-0.05, 0) is 58.0 Å². The van der Waals surface area contributed by atoms with Crippen LogP contribution in [0.1, 0.15) is 39.0 Å². The molecule has 0 aromatic rings. The second-order valence-electron chi connectivity index (χ2n) is 6.17. The third kappa shape index (κ3) is 5.23. The lowest BCUT2D eigenvalue weighted by atomic mass is 9.96.